The monoisotopic (exact) mass is 566 g/mol. The van der Waals surface area contributed by atoms with Crippen LogP contribution in [0.25, 0.3) is 0 Å². The van der Waals surface area contributed by atoms with E-state index >= 15 is 0 Å². The lowest BCUT2D eigenvalue weighted by atomic mass is 9.81. The topological polar surface area (TPSA) is 133 Å². The Hall–Kier alpha value is -2.12. The summed E-state index contributed by atoms with van der Waals surface area (Å²) in [6.45, 7) is 2.43. The summed E-state index contributed by atoms with van der Waals surface area (Å²) < 4.78 is 0. The Balaban J connectivity index is 1.87. The molecule has 0 saturated heterocycles. The van der Waals surface area contributed by atoms with E-state index in [4.69, 9.17) is 10.2 Å². The van der Waals surface area contributed by atoms with Crippen molar-refractivity contribution < 1.29 is 29.4 Å². The van der Waals surface area contributed by atoms with Crippen LogP contribution < -0.4 is 10.6 Å². The summed E-state index contributed by atoms with van der Waals surface area (Å²) in [6, 6.07) is -0.808. The van der Waals surface area contributed by atoms with Crippen molar-refractivity contribution in [3.8, 4) is 0 Å². The van der Waals surface area contributed by atoms with Crippen LogP contribution in [0.3, 0.4) is 0 Å². The summed E-state index contributed by atoms with van der Waals surface area (Å²) in [7, 11) is 0. The van der Waals surface area contributed by atoms with Crippen molar-refractivity contribution in [3.05, 3.63) is 0 Å². The number of rotatable bonds is 25. The van der Waals surface area contributed by atoms with Crippen LogP contribution >= 0.6 is 0 Å². The average molecular weight is 567 g/mol. The van der Waals surface area contributed by atoms with Crippen LogP contribution in [0.1, 0.15) is 155 Å². The Kier molecular flexibility index (Phi) is 21.2. The predicted molar refractivity (Wildman–Crippen MR) is 159 cm³/mol. The molecule has 1 saturated carbocycles. The number of hydrogen-bond donors (Lipinski definition) is 4. The molecule has 0 bridgehead atoms. The highest BCUT2D eigenvalue weighted by molar-refractivity contribution is 5.85. The van der Waals surface area contributed by atoms with E-state index < -0.39 is 18.0 Å². The molecule has 0 aromatic rings. The molecule has 0 heterocycles. The maximum Gasteiger partial charge on any atom is 0.326 e. The summed E-state index contributed by atoms with van der Waals surface area (Å²) in [5.74, 6) is -1.41. The molecule has 0 spiro atoms. The molecule has 0 aromatic heterocycles. The molecule has 40 heavy (non-hydrogen) atoms. The van der Waals surface area contributed by atoms with Gasteiger partial charge in [0, 0.05) is 25.3 Å². The molecule has 4 N–H and O–H groups in total. The SMILES string of the molecule is CC[C@H](NC(=O)C1CCC(CNC(=O)CCCCCCCCCCCCCCCCCCC(=O)O)CC1)C(=O)O. The number of carbonyl (C=O) groups is 4. The van der Waals surface area contributed by atoms with Gasteiger partial charge in [-0.1, -0.05) is 96.8 Å². The number of carboxylic acid groups (broad SMARTS) is 2. The first-order valence-corrected chi connectivity index (χ1v) is 16.3. The van der Waals surface area contributed by atoms with Gasteiger partial charge in [-0.15, -0.1) is 0 Å². The lowest BCUT2D eigenvalue weighted by molar-refractivity contribution is -0.142. The summed E-state index contributed by atoms with van der Waals surface area (Å²) in [6.07, 6.45) is 23.8. The van der Waals surface area contributed by atoms with Gasteiger partial charge >= 0.3 is 11.9 Å². The summed E-state index contributed by atoms with van der Waals surface area (Å²) in [4.78, 5) is 46.1. The van der Waals surface area contributed by atoms with Crippen LogP contribution in [-0.4, -0.2) is 46.6 Å². The van der Waals surface area contributed by atoms with Gasteiger partial charge in [0.15, 0.2) is 0 Å². The second-order valence-electron chi connectivity index (χ2n) is 11.9. The number of aliphatic carboxylic acids is 2. The molecular weight excluding hydrogens is 508 g/mol. The molecule has 8 heteroatoms. The van der Waals surface area contributed by atoms with Gasteiger partial charge in [0.05, 0.1) is 0 Å². The normalized spacial score (nSPS) is 17.7. The molecule has 0 aliphatic heterocycles. The molecule has 1 fully saturated rings. The predicted octanol–water partition coefficient (Wildman–Crippen LogP) is 6.99. The molecule has 2 amide bonds. The summed E-state index contributed by atoms with van der Waals surface area (Å²) >= 11 is 0. The van der Waals surface area contributed by atoms with Crippen molar-refractivity contribution in [2.75, 3.05) is 6.54 Å². The van der Waals surface area contributed by atoms with Gasteiger partial charge in [-0.05, 0) is 50.9 Å². The number of hydrogen-bond acceptors (Lipinski definition) is 4. The fraction of sp³-hybridized carbons (Fsp3) is 0.875. The van der Waals surface area contributed by atoms with Gasteiger partial charge in [0.25, 0.3) is 0 Å². The van der Waals surface area contributed by atoms with E-state index in [9.17, 15) is 19.2 Å². The third-order valence-corrected chi connectivity index (χ3v) is 8.37. The molecule has 1 rings (SSSR count). The van der Waals surface area contributed by atoms with Crippen molar-refractivity contribution in [2.45, 2.75) is 161 Å². The van der Waals surface area contributed by atoms with Crippen molar-refractivity contribution in [1.29, 1.82) is 0 Å². The third kappa shape index (κ3) is 19.0. The maximum atomic E-state index is 12.3. The first-order valence-electron chi connectivity index (χ1n) is 16.3. The Morgan fingerprint density at radius 2 is 1.07 bits per heavy atom. The molecular formula is C32H58N2O6. The second kappa shape index (κ2) is 23.6. The Morgan fingerprint density at radius 3 is 1.48 bits per heavy atom. The van der Waals surface area contributed by atoms with Crippen molar-refractivity contribution in [2.24, 2.45) is 11.8 Å². The fourth-order valence-corrected chi connectivity index (χ4v) is 5.64. The molecule has 232 valence electrons. The minimum Gasteiger partial charge on any atom is -0.481 e. The maximum absolute atomic E-state index is 12.3. The highest BCUT2D eigenvalue weighted by atomic mass is 16.4. The quantitative estimate of drug-likeness (QED) is 0.0880. The zero-order chi connectivity index (χ0) is 29.4. The largest absolute Gasteiger partial charge is 0.481 e. The Morgan fingerprint density at radius 1 is 0.650 bits per heavy atom. The molecule has 0 radical (unpaired) electrons. The van der Waals surface area contributed by atoms with Gasteiger partial charge in [-0.2, -0.15) is 0 Å². The summed E-state index contributed by atoms with van der Waals surface area (Å²) in [5.41, 5.74) is 0. The van der Waals surface area contributed by atoms with Crippen LogP contribution in [-0.2, 0) is 19.2 Å². The zero-order valence-corrected chi connectivity index (χ0v) is 25.2. The number of unbranched alkanes of at least 4 members (excludes halogenated alkanes) is 15. The van der Waals surface area contributed by atoms with Crippen LogP contribution in [0.15, 0.2) is 0 Å². The zero-order valence-electron chi connectivity index (χ0n) is 25.2. The van der Waals surface area contributed by atoms with E-state index in [1.165, 1.54) is 77.0 Å². The number of carboxylic acids is 2. The van der Waals surface area contributed by atoms with E-state index in [1.54, 1.807) is 6.92 Å². The minimum atomic E-state index is -0.985. The first-order chi connectivity index (χ1) is 19.3. The van der Waals surface area contributed by atoms with Gasteiger partial charge < -0.3 is 20.8 Å². The van der Waals surface area contributed by atoms with E-state index in [2.05, 4.69) is 10.6 Å². The van der Waals surface area contributed by atoms with E-state index in [0.29, 0.717) is 31.7 Å². The van der Waals surface area contributed by atoms with Gasteiger partial charge in [-0.25, -0.2) is 4.79 Å². The Labute approximate surface area is 242 Å². The molecule has 0 aromatic carbocycles. The molecule has 1 aliphatic carbocycles. The molecule has 1 aliphatic rings. The second-order valence-corrected chi connectivity index (χ2v) is 11.9. The highest BCUT2D eigenvalue weighted by Crippen LogP contribution is 2.28. The fourth-order valence-electron chi connectivity index (χ4n) is 5.64. The van der Waals surface area contributed by atoms with Crippen LogP contribution in [0.2, 0.25) is 0 Å². The lowest BCUT2D eigenvalue weighted by Crippen LogP contribution is -2.44. The number of nitrogens with one attached hydrogen (secondary N) is 2. The minimum absolute atomic E-state index is 0.120. The van der Waals surface area contributed by atoms with E-state index in [-0.39, 0.29) is 17.7 Å². The third-order valence-electron chi connectivity index (χ3n) is 8.37. The Bertz CT molecular complexity index is 706. The highest BCUT2D eigenvalue weighted by Gasteiger charge is 2.28. The average Bonchev–Trinajstić information content (AvgIpc) is 2.93. The van der Waals surface area contributed by atoms with Crippen molar-refractivity contribution in [3.63, 3.8) is 0 Å². The van der Waals surface area contributed by atoms with Crippen LogP contribution in [0, 0.1) is 11.8 Å². The van der Waals surface area contributed by atoms with Crippen LogP contribution in [0.5, 0.6) is 0 Å². The first kappa shape index (κ1) is 35.9. The summed E-state index contributed by atoms with van der Waals surface area (Å²) in [5, 5.41) is 23.5. The van der Waals surface area contributed by atoms with Crippen LogP contribution in [0.4, 0.5) is 0 Å². The van der Waals surface area contributed by atoms with E-state index in [0.717, 1.165) is 51.4 Å². The standard InChI is InChI=1S/C32H58N2O6/c1-2-28(32(39)40)34-31(38)27-23-21-26(22-24-27)25-33-29(35)19-17-15-13-11-9-7-5-3-4-6-8-10-12-14-16-18-20-30(36)37/h26-28H,2-25H2,1H3,(H,33,35)(H,34,38)(H,36,37)(H,39,40)/t26?,27?,28-/m0/s1. The molecule has 0 unspecified atom stereocenters. The van der Waals surface area contributed by atoms with Gasteiger partial charge in [0.1, 0.15) is 6.04 Å². The van der Waals surface area contributed by atoms with Gasteiger partial charge in [0.2, 0.25) is 11.8 Å². The van der Waals surface area contributed by atoms with Crippen molar-refractivity contribution in [1.82, 2.24) is 10.6 Å². The van der Waals surface area contributed by atoms with Gasteiger partial charge in [-0.3, -0.25) is 14.4 Å². The van der Waals surface area contributed by atoms with Crippen molar-refractivity contribution >= 4 is 23.8 Å². The number of carbonyl (C=O) groups excluding carboxylic acids is 2. The molecule has 8 nitrogen and oxygen atoms in total. The lowest BCUT2D eigenvalue weighted by Gasteiger charge is -2.28. The van der Waals surface area contributed by atoms with E-state index in [1.807, 2.05) is 0 Å². The smallest absolute Gasteiger partial charge is 0.326 e. The molecule has 1 atom stereocenters. The number of amides is 2.